The van der Waals surface area contributed by atoms with Crippen LogP contribution in [0, 0.1) is 0 Å². The van der Waals surface area contributed by atoms with Gasteiger partial charge in [0.05, 0.1) is 5.69 Å². The highest BCUT2D eigenvalue weighted by Gasteiger charge is 2.34. The number of rotatable bonds is 1. The molecule has 0 amide bonds. The second-order valence-electron chi connectivity index (χ2n) is 4.75. The third-order valence-corrected chi connectivity index (χ3v) is 3.64. The Hall–Kier alpha value is -1.62. The van der Waals surface area contributed by atoms with E-state index in [9.17, 15) is 5.11 Å². The monoisotopic (exact) mass is 232 g/mol. The van der Waals surface area contributed by atoms with Gasteiger partial charge < -0.3 is 10.8 Å². The molecule has 17 heavy (non-hydrogen) atoms. The molecule has 0 aromatic carbocycles. The van der Waals surface area contributed by atoms with Crippen molar-refractivity contribution in [3.63, 3.8) is 0 Å². The summed E-state index contributed by atoms with van der Waals surface area (Å²) in [6, 6.07) is 3.78. The fourth-order valence-electron chi connectivity index (χ4n) is 2.70. The van der Waals surface area contributed by atoms with Gasteiger partial charge in [0.1, 0.15) is 17.4 Å². The summed E-state index contributed by atoms with van der Waals surface area (Å²) in [5, 5.41) is 14.9. The van der Waals surface area contributed by atoms with Gasteiger partial charge in [0.25, 0.3) is 0 Å². The topological polar surface area (TPSA) is 76.4 Å². The number of anilines is 1. The molecular weight excluding hydrogens is 216 g/mol. The summed E-state index contributed by atoms with van der Waals surface area (Å²) in [6.45, 7) is 0. The second kappa shape index (κ2) is 3.70. The molecule has 0 unspecified atom stereocenters. The minimum Gasteiger partial charge on any atom is -0.384 e. The van der Waals surface area contributed by atoms with Gasteiger partial charge in [-0.05, 0) is 25.0 Å². The smallest absolute Gasteiger partial charge is 0.151 e. The maximum absolute atomic E-state index is 10.7. The van der Waals surface area contributed by atoms with E-state index in [0.29, 0.717) is 5.82 Å². The zero-order valence-electron chi connectivity index (χ0n) is 9.63. The van der Waals surface area contributed by atoms with E-state index in [1.165, 1.54) is 12.7 Å². The molecule has 1 saturated carbocycles. The van der Waals surface area contributed by atoms with Gasteiger partial charge in [-0.1, -0.05) is 19.3 Å². The first-order valence-corrected chi connectivity index (χ1v) is 6.02. The highest BCUT2D eigenvalue weighted by Crippen LogP contribution is 2.37. The number of fused-ring (bicyclic) bond motifs is 1. The summed E-state index contributed by atoms with van der Waals surface area (Å²) in [5.41, 5.74) is 6.63. The lowest BCUT2D eigenvalue weighted by atomic mass is 9.82. The van der Waals surface area contributed by atoms with Crippen molar-refractivity contribution in [3.05, 3.63) is 24.2 Å². The molecule has 1 fully saturated rings. The van der Waals surface area contributed by atoms with Gasteiger partial charge in [-0.2, -0.15) is 5.10 Å². The molecule has 3 rings (SSSR count). The van der Waals surface area contributed by atoms with Crippen LogP contribution in [-0.2, 0) is 5.60 Å². The van der Waals surface area contributed by atoms with E-state index >= 15 is 0 Å². The van der Waals surface area contributed by atoms with Crippen LogP contribution in [0.5, 0.6) is 0 Å². The first-order chi connectivity index (χ1) is 8.21. The van der Waals surface area contributed by atoms with Crippen LogP contribution in [-0.4, -0.2) is 19.7 Å². The molecule has 5 heteroatoms. The zero-order valence-corrected chi connectivity index (χ0v) is 9.63. The summed E-state index contributed by atoms with van der Waals surface area (Å²) < 4.78 is 1.72. The van der Waals surface area contributed by atoms with Crippen LogP contribution in [0.4, 0.5) is 5.82 Å². The highest BCUT2D eigenvalue weighted by molar-refractivity contribution is 5.65. The molecule has 2 aromatic heterocycles. The van der Waals surface area contributed by atoms with E-state index in [1.807, 2.05) is 12.1 Å². The van der Waals surface area contributed by atoms with Crippen molar-refractivity contribution >= 4 is 11.3 Å². The first-order valence-electron chi connectivity index (χ1n) is 6.02. The Morgan fingerprint density at radius 1 is 1.24 bits per heavy atom. The van der Waals surface area contributed by atoms with Crippen LogP contribution in [0.25, 0.3) is 5.52 Å². The Kier molecular flexibility index (Phi) is 2.29. The normalized spacial score (nSPS) is 19.6. The average Bonchev–Trinajstić information content (AvgIpc) is 2.76. The predicted octanol–water partition coefficient (Wildman–Crippen LogP) is 1.46. The van der Waals surface area contributed by atoms with E-state index in [0.717, 1.165) is 36.9 Å². The summed E-state index contributed by atoms with van der Waals surface area (Å²) in [6.07, 6.45) is 6.33. The van der Waals surface area contributed by atoms with Gasteiger partial charge in [0.15, 0.2) is 5.82 Å². The van der Waals surface area contributed by atoms with Crippen molar-refractivity contribution in [1.29, 1.82) is 0 Å². The Balaban J connectivity index is 2.14. The van der Waals surface area contributed by atoms with Crippen molar-refractivity contribution in [2.24, 2.45) is 0 Å². The minimum atomic E-state index is -0.758. The molecular formula is C12H16N4O. The van der Waals surface area contributed by atoms with Crippen LogP contribution in [0.3, 0.4) is 0 Å². The van der Waals surface area contributed by atoms with Crippen molar-refractivity contribution in [3.8, 4) is 0 Å². The molecule has 0 bridgehead atoms. The van der Waals surface area contributed by atoms with Gasteiger partial charge >= 0.3 is 0 Å². The Morgan fingerprint density at radius 3 is 2.76 bits per heavy atom. The van der Waals surface area contributed by atoms with Crippen LogP contribution in [0.15, 0.2) is 18.5 Å². The lowest BCUT2D eigenvalue weighted by Crippen LogP contribution is -2.30. The molecule has 1 aliphatic carbocycles. The Bertz CT molecular complexity index is 542. The van der Waals surface area contributed by atoms with Crippen LogP contribution in [0.2, 0.25) is 0 Å². The molecule has 0 atom stereocenters. The van der Waals surface area contributed by atoms with Gasteiger partial charge in [-0.15, -0.1) is 0 Å². The summed E-state index contributed by atoms with van der Waals surface area (Å²) >= 11 is 0. The fourth-order valence-corrected chi connectivity index (χ4v) is 2.70. The number of nitrogens with zero attached hydrogens (tertiary/aromatic N) is 3. The van der Waals surface area contributed by atoms with E-state index in [1.54, 1.807) is 4.52 Å². The second-order valence-corrected chi connectivity index (χ2v) is 4.75. The van der Waals surface area contributed by atoms with Crippen molar-refractivity contribution in [2.75, 3.05) is 5.73 Å². The standard InChI is InChI=1S/C12H16N4O/c13-11-9-4-5-10(16(9)15-8-14-11)12(17)6-2-1-3-7-12/h4-5,8,17H,1-3,6-7H2,(H2,13,14,15). The molecule has 0 saturated heterocycles. The maximum atomic E-state index is 10.7. The van der Waals surface area contributed by atoms with Crippen LogP contribution < -0.4 is 5.73 Å². The largest absolute Gasteiger partial charge is 0.384 e. The third kappa shape index (κ3) is 1.58. The average molecular weight is 232 g/mol. The van der Waals surface area contributed by atoms with Gasteiger partial charge in [0.2, 0.25) is 0 Å². The third-order valence-electron chi connectivity index (χ3n) is 3.64. The zero-order chi connectivity index (χ0) is 11.9. The number of nitrogens with two attached hydrogens (primary N) is 1. The van der Waals surface area contributed by atoms with Crippen molar-refractivity contribution < 1.29 is 5.11 Å². The van der Waals surface area contributed by atoms with E-state index in [-0.39, 0.29) is 0 Å². The van der Waals surface area contributed by atoms with E-state index < -0.39 is 5.60 Å². The van der Waals surface area contributed by atoms with E-state index in [2.05, 4.69) is 10.1 Å². The number of aromatic nitrogens is 3. The summed E-state index contributed by atoms with van der Waals surface area (Å²) in [4.78, 5) is 3.95. The molecule has 0 aliphatic heterocycles. The molecule has 1 aliphatic rings. The molecule has 90 valence electrons. The summed E-state index contributed by atoms with van der Waals surface area (Å²) in [7, 11) is 0. The van der Waals surface area contributed by atoms with Gasteiger partial charge in [-0.25, -0.2) is 9.50 Å². The molecule has 3 N–H and O–H groups in total. The highest BCUT2D eigenvalue weighted by atomic mass is 16.3. The SMILES string of the molecule is Nc1ncnn2c(C3(O)CCCCC3)ccc12. The maximum Gasteiger partial charge on any atom is 0.151 e. The molecule has 2 aromatic rings. The van der Waals surface area contributed by atoms with E-state index in [4.69, 9.17) is 5.73 Å². The Labute approximate surface area is 99.3 Å². The van der Waals surface area contributed by atoms with Gasteiger partial charge in [0, 0.05) is 0 Å². The van der Waals surface area contributed by atoms with Crippen LogP contribution in [0.1, 0.15) is 37.8 Å². The predicted molar refractivity (Wildman–Crippen MR) is 64.4 cm³/mol. The lowest BCUT2D eigenvalue weighted by molar-refractivity contribution is -0.00612. The van der Waals surface area contributed by atoms with Crippen LogP contribution >= 0.6 is 0 Å². The number of nitrogen functional groups attached to an aromatic ring is 1. The fraction of sp³-hybridized carbons (Fsp3) is 0.500. The number of hydrogen-bond donors (Lipinski definition) is 2. The lowest BCUT2D eigenvalue weighted by Gasteiger charge is -2.31. The quantitative estimate of drug-likeness (QED) is 0.780. The van der Waals surface area contributed by atoms with Crippen molar-refractivity contribution in [2.45, 2.75) is 37.7 Å². The molecule has 5 nitrogen and oxygen atoms in total. The summed E-state index contributed by atoms with van der Waals surface area (Å²) in [5.74, 6) is 0.450. The molecule has 0 radical (unpaired) electrons. The number of hydrogen-bond acceptors (Lipinski definition) is 4. The Morgan fingerprint density at radius 2 is 2.00 bits per heavy atom. The molecule has 0 spiro atoms. The van der Waals surface area contributed by atoms with Crippen molar-refractivity contribution in [1.82, 2.24) is 14.6 Å². The first kappa shape index (κ1) is 10.5. The minimum absolute atomic E-state index is 0.450. The molecule has 2 heterocycles. The van der Waals surface area contributed by atoms with Gasteiger partial charge in [-0.3, -0.25) is 0 Å². The number of aliphatic hydroxyl groups is 1.